The quantitative estimate of drug-likeness (QED) is 0.547. The first-order valence-electron chi connectivity index (χ1n) is 8.40. The lowest BCUT2D eigenvalue weighted by molar-refractivity contribution is 0.0531. The second-order valence-electron chi connectivity index (χ2n) is 6.07. The fourth-order valence-corrected chi connectivity index (χ4v) is 4.15. The third-order valence-electron chi connectivity index (χ3n) is 4.17. The smallest absolute Gasteiger partial charge is 0.350 e. The zero-order valence-corrected chi connectivity index (χ0v) is 16.8. The van der Waals surface area contributed by atoms with Crippen molar-refractivity contribution in [2.75, 3.05) is 20.3 Å². The van der Waals surface area contributed by atoms with Crippen LogP contribution in [-0.4, -0.2) is 35.8 Å². The number of esters is 1. The van der Waals surface area contributed by atoms with Crippen molar-refractivity contribution in [2.45, 2.75) is 26.8 Å². The van der Waals surface area contributed by atoms with Gasteiger partial charge in [0.05, 0.1) is 30.0 Å². The fraction of sp³-hybridized carbons (Fsp3) is 0.368. The maximum atomic E-state index is 12.0. The number of methoxy groups -OCH3 is 1. The first kappa shape index (κ1) is 18.9. The predicted molar refractivity (Wildman–Crippen MR) is 105 cm³/mol. The Morgan fingerprint density at radius 1 is 1.42 bits per heavy atom. The standard InChI is InChI=1S/C19H21ClN2O3S/c1-5-25-19(23)17-12(3)21-18(26-17)13-6-7-16-14(8-13)15(20)9-22(16)11(2)10-24-4/h6-9,11H,5,10H2,1-4H3. The molecule has 0 aliphatic carbocycles. The summed E-state index contributed by atoms with van der Waals surface area (Å²) in [5.74, 6) is -0.326. The summed E-state index contributed by atoms with van der Waals surface area (Å²) in [5, 5.41) is 2.42. The highest BCUT2D eigenvalue weighted by molar-refractivity contribution is 7.17. The monoisotopic (exact) mass is 392 g/mol. The Balaban J connectivity index is 2.01. The van der Waals surface area contributed by atoms with E-state index in [0.29, 0.717) is 28.8 Å². The molecule has 0 aliphatic rings. The normalized spacial score (nSPS) is 12.5. The van der Waals surface area contributed by atoms with Crippen LogP contribution in [0, 0.1) is 6.92 Å². The van der Waals surface area contributed by atoms with Gasteiger partial charge in [0.1, 0.15) is 9.88 Å². The second kappa shape index (κ2) is 7.78. The van der Waals surface area contributed by atoms with E-state index < -0.39 is 0 Å². The Morgan fingerprint density at radius 2 is 2.19 bits per heavy atom. The van der Waals surface area contributed by atoms with Crippen LogP contribution in [0.4, 0.5) is 0 Å². The van der Waals surface area contributed by atoms with E-state index in [1.807, 2.05) is 31.3 Å². The van der Waals surface area contributed by atoms with Crippen molar-refractivity contribution in [3.63, 3.8) is 0 Å². The van der Waals surface area contributed by atoms with Gasteiger partial charge in [-0.2, -0.15) is 0 Å². The molecule has 1 aromatic carbocycles. The van der Waals surface area contributed by atoms with Gasteiger partial charge in [-0.3, -0.25) is 0 Å². The zero-order chi connectivity index (χ0) is 18.8. The third-order valence-corrected chi connectivity index (χ3v) is 5.66. The molecule has 3 aromatic rings. The van der Waals surface area contributed by atoms with Crippen molar-refractivity contribution in [1.29, 1.82) is 0 Å². The number of fused-ring (bicyclic) bond motifs is 1. The molecule has 0 spiro atoms. The minimum Gasteiger partial charge on any atom is -0.462 e. The molecule has 138 valence electrons. The lowest BCUT2D eigenvalue weighted by atomic mass is 10.1. The average molecular weight is 393 g/mol. The first-order chi connectivity index (χ1) is 12.5. The fourth-order valence-electron chi connectivity index (χ4n) is 2.94. The maximum Gasteiger partial charge on any atom is 0.350 e. The van der Waals surface area contributed by atoms with Crippen LogP contribution in [0.2, 0.25) is 5.02 Å². The number of aryl methyl sites for hydroxylation is 1. The second-order valence-corrected chi connectivity index (χ2v) is 7.48. The Bertz CT molecular complexity index is 948. The van der Waals surface area contributed by atoms with Gasteiger partial charge < -0.3 is 14.0 Å². The number of hydrogen-bond donors (Lipinski definition) is 0. The minimum absolute atomic E-state index is 0.179. The third kappa shape index (κ3) is 3.49. The van der Waals surface area contributed by atoms with Crippen molar-refractivity contribution in [1.82, 2.24) is 9.55 Å². The molecular weight excluding hydrogens is 372 g/mol. The largest absolute Gasteiger partial charge is 0.462 e. The number of nitrogens with zero attached hydrogens (tertiary/aromatic N) is 2. The van der Waals surface area contributed by atoms with Gasteiger partial charge in [0.15, 0.2) is 0 Å². The number of aromatic nitrogens is 2. The number of rotatable bonds is 6. The van der Waals surface area contributed by atoms with Crippen LogP contribution in [0.25, 0.3) is 21.5 Å². The Morgan fingerprint density at radius 3 is 2.88 bits per heavy atom. The lowest BCUT2D eigenvalue weighted by Gasteiger charge is -2.14. The Labute approximate surface area is 161 Å². The molecule has 5 nitrogen and oxygen atoms in total. The van der Waals surface area contributed by atoms with Gasteiger partial charge >= 0.3 is 5.97 Å². The van der Waals surface area contributed by atoms with E-state index in [4.69, 9.17) is 21.1 Å². The topological polar surface area (TPSA) is 53.4 Å². The summed E-state index contributed by atoms with van der Waals surface area (Å²) < 4.78 is 12.5. The van der Waals surface area contributed by atoms with Crippen molar-refractivity contribution in [3.05, 3.63) is 40.0 Å². The average Bonchev–Trinajstić information content (AvgIpc) is 3.16. The SMILES string of the molecule is CCOC(=O)c1sc(-c2ccc3c(c2)c(Cl)cn3C(C)COC)nc1C. The van der Waals surface area contributed by atoms with Crippen molar-refractivity contribution in [3.8, 4) is 10.6 Å². The molecule has 2 aromatic heterocycles. The molecule has 0 aliphatic heterocycles. The summed E-state index contributed by atoms with van der Waals surface area (Å²) in [6.07, 6.45) is 1.93. The molecule has 3 rings (SSSR count). The highest BCUT2D eigenvalue weighted by Gasteiger charge is 2.18. The number of carbonyl (C=O) groups is 1. The van der Waals surface area contributed by atoms with Crippen LogP contribution < -0.4 is 0 Å². The van der Waals surface area contributed by atoms with Crippen molar-refractivity contribution >= 4 is 39.8 Å². The molecule has 26 heavy (non-hydrogen) atoms. The number of hydrogen-bond acceptors (Lipinski definition) is 5. The molecule has 0 saturated carbocycles. The molecule has 0 radical (unpaired) electrons. The highest BCUT2D eigenvalue weighted by Crippen LogP contribution is 2.34. The van der Waals surface area contributed by atoms with E-state index in [1.54, 1.807) is 14.0 Å². The molecule has 0 bridgehead atoms. The molecule has 1 unspecified atom stereocenters. The van der Waals surface area contributed by atoms with Crippen molar-refractivity contribution < 1.29 is 14.3 Å². The highest BCUT2D eigenvalue weighted by atomic mass is 35.5. The Hall–Kier alpha value is -1.89. The predicted octanol–water partition coefficient (Wildman–Crippen LogP) is 5.11. The van der Waals surface area contributed by atoms with Crippen LogP contribution in [0.3, 0.4) is 0 Å². The summed E-state index contributed by atoms with van der Waals surface area (Å²) in [6, 6.07) is 6.23. The van der Waals surface area contributed by atoms with E-state index in [1.165, 1.54) is 11.3 Å². The molecule has 7 heteroatoms. The molecule has 0 saturated heterocycles. The summed E-state index contributed by atoms with van der Waals surface area (Å²) in [5.41, 5.74) is 2.66. The number of benzene rings is 1. The summed E-state index contributed by atoms with van der Waals surface area (Å²) in [4.78, 5) is 17.1. The molecule has 0 N–H and O–H groups in total. The van der Waals surface area contributed by atoms with E-state index in [-0.39, 0.29) is 12.0 Å². The van der Waals surface area contributed by atoms with Gasteiger partial charge in [-0.05, 0) is 39.0 Å². The van der Waals surface area contributed by atoms with Gasteiger partial charge in [0, 0.05) is 29.8 Å². The van der Waals surface area contributed by atoms with E-state index in [0.717, 1.165) is 21.5 Å². The number of ether oxygens (including phenoxy) is 2. The summed E-state index contributed by atoms with van der Waals surface area (Å²) >= 11 is 7.80. The molecule has 2 heterocycles. The van der Waals surface area contributed by atoms with E-state index in [2.05, 4.69) is 16.5 Å². The maximum absolute atomic E-state index is 12.0. The van der Waals surface area contributed by atoms with Crippen LogP contribution in [0.5, 0.6) is 0 Å². The van der Waals surface area contributed by atoms with Crippen LogP contribution >= 0.6 is 22.9 Å². The zero-order valence-electron chi connectivity index (χ0n) is 15.2. The van der Waals surface area contributed by atoms with Gasteiger partial charge in [-0.25, -0.2) is 9.78 Å². The Kier molecular flexibility index (Phi) is 5.65. The molecule has 0 amide bonds. The van der Waals surface area contributed by atoms with Crippen LogP contribution in [0.15, 0.2) is 24.4 Å². The summed E-state index contributed by atoms with van der Waals surface area (Å²) in [7, 11) is 1.69. The van der Waals surface area contributed by atoms with Gasteiger partial charge in [-0.1, -0.05) is 11.6 Å². The van der Waals surface area contributed by atoms with Gasteiger partial charge in [0.2, 0.25) is 0 Å². The van der Waals surface area contributed by atoms with E-state index >= 15 is 0 Å². The number of thiazole rings is 1. The first-order valence-corrected chi connectivity index (χ1v) is 9.59. The van der Waals surface area contributed by atoms with E-state index in [9.17, 15) is 4.79 Å². The molecule has 0 fully saturated rings. The van der Waals surface area contributed by atoms with Crippen molar-refractivity contribution in [2.24, 2.45) is 0 Å². The number of carbonyl (C=O) groups excluding carboxylic acids is 1. The summed E-state index contributed by atoms with van der Waals surface area (Å²) in [6.45, 7) is 6.65. The van der Waals surface area contributed by atoms with Crippen LogP contribution in [-0.2, 0) is 9.47 Å². The minimum atomic E-state index is -0.326. The molecule has 1 atom stereocenters. The number of halogens is 1. The van der Waals surface area contributed by atoms with Gasteiger partial charge in [0.25, 0.3) is 0 Å². The lowest BCUT2D eigenvalue weighted by Crippen LogP contribution is -2.09. The van der Waals surface area contributed by atoms with Gasteiger partial charge in [-0.15, -0.1) is 11.3 Å². The molecular formula is C19H21ClN2O3S. The van der Waals surface area contributed by atoms with Crippen LogP contribution in [0.1, 0.15) is 35.3 Å².